The van der Waals surface area contributed by atoms with Gasteiger partial charge in [0.05, 0.1) is 36.9 Å². The Morgan fingerprint density at radius 3 is 2.60 bits per heavy atom. The Kier molecular flexibility index (Phi) is 5.86. The van der Waals surface area contributed by atoms with Gasteiger partial charge in [0.15, 0.2) is 11.5 Å². The Morgan fingerprint density at radius 1 is 1.10 bits per heavy atom. The maximum atomic E-state index is 13.4. The van der Waals surface area contributed by atoms with Gasteiger partial charge < -0.3 is 19.3 Å². The van der Waals surface area contributed by atoms with Gasteiger partial charge in [-0.15, -0.1) is 0 Å². The van der Waals surface area contributed by atoms with E-state index < -0.39 is 0 Å². The van der Waals surface area contributed by atoms with E-state index >= 15 is 0 Å². The number of carbonyl (C=O) groups is 2. The summed E-state index contributed by atoms with van der Waals surface area (Å²) in [5.41, 5.74) is 1.68. The van der Waals surface area contributed by atoms with Gasteiger partial charge in [0.2, 0.25) is 11.8 Å². The van der Waals surface area contributed by atoms with Crippen LogP contribution in [0.1, 0.15) is 30.9 Å². The molecule has 0 unspecified atom stereocenters. The average molecular weight is 429 g/mol. The van der Waals surface area contributed by atoms with Crippen molar-refractivity contribution < 1.29 is 19.1 Å². The number of methoxy groups -OCH3 is 2. The summed E-state index contributed by atoms with van der Waals surface area (Å²) >= 11 is 6.27. The minimum Gasteiger partial charge on any atom is -0.493 e. The van der Waals surface area contributed by atoms with Crippen LogP contribution in [0.4, 0.5) is 5.69 Å². The van der Waals surface area contributed by atoms with E-state index in [-0.39, 0.29) is 30.2 Å². The normalized spacial score (nSPS) is 21.2. The summed E-state index contributed by atoms with van der Waals surface area (Å²) in [6, 6.07) is 13.0. The molecule has 7 heteroatoms. The van der Waals surface area contributed by atoms with E-state index in [1.807, 2.05) is 41.3 Å². The number of hydrogen-bond donors (Lipinski definition) is 0. The van der Waals surface area contributed by atoms with E-state index in [1.54, 1.807) is 25.2 Å². The highest BCUT2D eigenvalue weighted by atomic mass is 35.5. The summed E-state index contributed by atoms with van der Waals surface area (Å²) in [7, 11) is 3.21. The lowest BCUT2D eigenvalue weighted by Gasteiger charge is -2.28. The van der Waals surface area contributed by atoms with Crippen molar-refractivity contribution in [3.8, 4) is 11.5 Å². The Bertz CT molecular complexity index is 964. The standard InChI is InChI=1S/C23H25ClN2O4/c1-29-20-10-9-15(12-21(20)30-2)18-8-5-11-25(18)23(28)16-13-22(27)26(14-16)19-7-4-3-6-17(19)24/h3-4,6-7,9-10,12,16,18H,5,8,11,13-14H2,1-2H3/t16-,18+/m0/s1. The molecule has 158 valence electrons. The Morgan fingerprint density at radius 2 is 1.87 bits per heavy atom. The van der Waals surface area contributed by atoms with Crippen LogP contribution in [0.15, 0.2) is 42.5 Å². The second-order valence-corrected chi connectivity index (χ2v) is 8.07. The van der Waals surface area contributed by atoms with E-state index in [0.717, 1.165) is 18.4 Å². The molecule has 0 saturated carbocycles. The number of amides is 2. The molecule has 4 rings (SSSR count). The van der Waals surface area contributed by atoms with E-state index in [4.69, 9.17) is 21.1 Å². The fraction of sp³-hybridized carbons (Fsp3) is 0.391. The first-order valence-electron chi connectivity index (χ1n) is 10.1. The molecule has 2 aromatic rings. The maximum Gasteiger partial charge on any atom is 0.228 e. The molecule has 0 radical (unpaired) electrons. The fourth-order valence-electron chi connectivity index (χ4n) is 4.45. The Labute approximate surface area is 181 Å². The highest BCUT2D eigenvalue weighted by molar-refractivity contribution is 6.33. The topological polar surface area (TPSA) is 59.1 Å². The van der Waals surface area contributed by atoms with Crippen LogP contribution >= 0.6 is 11.6 Å². The van der Waals surface area contributed by atoms with Crippen molar-refractivity contribution in [3.63, 3.8) is 0 Å². The molecule has 2 aliphatic heterocycles. The highest BCUT2D eigenvalue weighted by Gasteiger charge is 2.41. The van der Waals surface area contributed by atoms with E-state index in [2.05, 4.69) is 0 Å². The first-order chi connectivity index (χ1) is 14.5. The van der Waals surface area contributed by atoms with E-state index in [9.17, 15) is 9.59 Å². The number of carbonyl (C=O) groups excluding carboxylic acids is 2. The molecule has 0 bridgehead atoms. The number of nitrogens with zero attached hydrogens (tertiary/aromatic N) is 2. The SMILES string of the molecule is COc1ccc([C@H]2CCCN2C(=O)[C@H]2CC(=O)N(c3ccccc3Cl)C2)cc1OC. The number of benzene rings is 2. The summed E-state index contributed by atoms with van der Waals surface area (Å²) in [5, 5.41) is 0.517. The third-order valence-corrected chi connectivity index (χ3v) is 6.27. The van der Waals surface area contributed by atoms with Crippen LogP contribution < -0.4 is 14.4 Å². The van der Waals surface area contributed by atoms with Crippen LogP contribution in [0.2, 0.25) is 5.02 Å². The smallest absolute Gasteiger partial charge is 0.228 e. The summed E-state index contributed by atoms with van der Waals surface area (Å²) in [6.45, 7) is 1.05. The predicted molar refractivity (Wildman–Crippen MR) is 115 cm³/mol. The summed E-state index contributed by atoms with van der Waals surface area (Å²) in [5.74, 6) is 0.900. The van der Waals surface area contributed by atoms with Gasteiger partial charge in [-0.2, -0.15) is 0 Å². The molecule has 2 atom stereocenters. The zero-order valence-electron chi connectivity index (χ0n) is 17.1. The number of para-hydroxylation sites is 1. The number of hydrogen-bond acceptors (Lipinski definition) is 4. The molecule has 30 heavy (non-hydrogen) atoms. The summed E-state index contributed by atoms with van der Waals surface area (Å²) < 4.78 is 10.8. The molecule has 0 N–H and O–H groups in total. The second-order valence-electron chi connectivity index (χ2n) is 7.66. The number of ether oxygens (including phenoxy) is 2. The largest absolute Gasteiger partial charge is 0.493 e. The molecule has 2 amide bonds. The lowest BCUT2D eigenvalue weighted by atomic mass is 10.0. The molecule has 0 aliphatic carbocycles. The monoisotopic (exact) mass is 428 g/mol. The van der Waals surface area contributed by atoms with Crippen LogP contribution in [0, 0.1) is 5.92 Å². The van der Waals surface area contributed by atoms with Crippen molar-refractivity contribution >= 4 is 29.1 Å². The van der Waals surface area contributed by atoms with Gasteiger partial charge in [0.25, 0.3) is 0 Å². The van der Waals surface area contributed by atoms with Crippen molar-refractivity contribution in [1.82, 2.24) is 4.90 Å². The summed E-state index contributed by atoms with van der Waals surface area (Å²) in [6.07, 6.45) is 2.02. The maximum absolute atomic E-state index is 13.4. The molecular formula is C23H25ClN2O4. The summed E-state index contributed by atoms with van der Waals surface area (Å²) in [4.78, 5) is 29.5. The van der Waals surface area contributed by atoms with Gasteiger partial charge in [-0.1, -0.05) is 29.8 Å². The number of halogens is 1. The number of likely N-dealkylation sites (tertiary alicyclic amines) is 1. The van der Waals surface area contributed by atoms with Gasteiger partial charge in [0, 0.05) is 19.5 Å². The number of anilines is 1. The Hall–Kier alpha value is -2.73. The van der Waals surface area contributed by atoms with Gasteiger partial charge in [-0.25, -0.2) is 0 Å². The molecule has 2 aliphatic rings. The third kappa shape index (κ3) is 3.72. The van der Waals surface area contributed by atoms with Crippen LogP contribution in [0.25, 0.3) is 0 Å². The molecule has 0 aromatic heterocycles. The molecule has 2 fully saturated rings. The zero-order valence-corrected chi connectivity index (χ0v) is 17.9. The quantitative estimate of drug-likeness (QED) is 0.720. The molecule has 0 spiro atoms. The predicted octanol–water partition coefficient (Wildman–Crippen LogP) is 4.07. The van der Waals surface area contributed by atoms with Gasteiger partial charge in [0.1, 0.15) is 0 Å². The molecule has 2 heterocycles. The van der Waals surface area contributed by atoms with Crippen molar-refractivity contribution in [3.05, 3.63) is 53.1 Å². The van der Waals surface area contributed by atoms with Crippen LogP contribution in [0.3, 0.4) is 0 Å². The lowest BCUT2D eigenvalue weighted by molar-refractivity contribution is -0.136. The molecule has 2 aromatic carbocycles. The van der Waals surface area contributed by atoms with Crippen molar-refractivity contribution in [2.75, 3.05) is 32.2 Å². The third-order valence-electron chi connectivity index (χ3n) is 5.95. The highest BCUT2D eigenvalue weighted by Crippen LogP contribution is 2.39. The van der Waals surface area contributed by atoms with E-state index in [0.29, 0.717) is 35.3 Å². The Balaban J connectivity index is 1.53. The fourth-order valence-corrected chi connectivity index (χ4v) is 4.69. The van der Waals surface area contributed by atoms with Gasteiger partial charge >= 0.3 is 0 Å². The molecule has 6 nitrogen and oxygen atoms in total. The lowest BCUT2D eigenvalue weighted by Crippen LogP contribution is -2.37. The van der Waals surface area contributed by atoms with Gasteiger partial charge in [-0.3, -0.25) is 9.59 Å². The van der Waals surface area contributed by atoms with Crippen molar-refractivity contribution in [2.45, 2.75) is 25.3 Å². The van der Waals surface area contributed by atoms with Crippen molar-refractivity contribution in [2.24, 2.45) is 5.92 Å². The minimum absolute atomic E-state index is 0.0233. The van der Waals surface area contributed by atoms with Gasteiger partial charge in [-0.05, 0) is 42.7 Å². The first-order valence-corrected chi connectivity index (χ1v) is 10.5. The second kappa shape index (κ2) is 8.56. The zero-order chi connectivity index (χ0) is 21.3. The van der Waals surface area contributed by atoms with Crippen molar-refractivity contribution in [1.29, 1.82) is 0 Å². The van der Waals surface area contributed by atoms with Crippen LogP contribution in [-0.4, -0.2) is 44.0 Å². The van der Waals surface area contributed by atoms with Crippen LogP contribution in [0.5, 0.6) is 11.5 Å². The molecular weight excluding hydrogens is 404 g/mol. The molecule has 2 saturated heterocycles. The van der Waals surface area contributed by atoms with Crippen LogP contribution in [-0.2, 0) is 9.59 Å². The van der Waals surface area contributed by atoms with E-state index in [1.165, 1.54) is 0 Å². The first kappa shape index (κ1) is 20.5. The minimum atomic E-state index is -0.366. The number of rotatable bonds is 5. The average Bonchev–Trinajstić information content (AvgIpc) is 3.40.